The Labute approximate surface area is 175 Å². The lowest BCUT2D eigenvalue weighted by atomic mass is 9.99. The Kier molecular flexibility index (Phi) is 5.74. The van der Waals surface area contributed by atoms with Crippen LogP contribution >= 0.6 is 11.8 Å². The van der Waals surface area contributed by atoms with Crippen LogP contribution in [0.2, 0.25) is 0 Å². The van der Waals surface area contributed by atoms with E-state index in [1.807, 2.05) is 72.8 Å². The molecule has 140 valence electrons. The summed E-state index contributed by atoms with van der Waals surface area (Å²) < 4.78 is 0. The van der Waals surface area contributed by atoms with E-state index in [1.54, 1.807) is 11.8 Å². The second-order valence-electron chi connectivity index (χ2n) is 6.75. The topological polar surface area (TPSA) is 36.7 Å². The van der Waals surface area contributed by atoms with Gasteiger partial charge in [0.15, 0.2) is 0 Å². The molecule has 1 unspecified atom stereocenters. The SMILES string of the molecule is CC(Sc1nc(-c2ccccc2)cc(-c2ccccc2)c1C#N)c1ccccc1. The first kappa shape index (κ1) is 19.0. The van der Waals surface area contributed by atoms with Crippen LogP contribution < -0.4 is 0 Å². The summed E-state index contributed by atoms with van der Waals surface area (Å²) in [5, 5.41) is 11.0. The molecule has 0 aliphatic rings. The van der Waals surface area contributed by atoms with E-state index in [2.05, 4.69) is 37.3 Å². The summed E-state index contributed by atoms with van der Waals surface area (Å²) >= 11 is 1.63. The van der Waals surface area contributed by atoms with Gasteiger partial charge in [0.1, 0.15) is 11.1 Å². The number of nitriles is 1. The van der Waals surface area contributed by atoms with Crippen LogP contribution in [0.25, 0.3) is 22.4 Å². The number of thioether (sulfide) groups is 1. The molecule has 3 heteroatoms. The molecule has 0 fully saturated rings. The summed E-state index contributed by atoms with van der Waals surface area (Å²) in [5.41, 5.74) is 5.72. The average Bonchev–Trinajstić information content (AvgIpc) is 2.80. The molecule has 0 saturated carbocycles. The summed E-state index contributed by atoms with van der Waals surface area (Å²) in [6.07, 6.45) is 0. The van der Waals surface area contributed by atoms with E-state index in [4.69, 9.17) is 4.98 Å². The van der Waals surface area contributed by atoms with Crippen molar-refractivity contribution in [2.45, 2.75) is 17.2 Å². The zero-order chi connectivity index (χ0) is 20.1. The van der Waals surface area contributed by atoms with Crippen molar-refractivity contribution >= 4 is 11.8 Å². The van der Waals surface area contributed by atoms with Crippen LogP contribution in [0.3, 0.4) is 0 Å². The van der Waals surface area contributed by atoms with Gasteiger partial charge in [-0.05, 0) is 24.1 Å². The molecule has 4 aromatic rings. The Balaban J connectivity index is 1.86. The van der Waals surface area contributed by atoms with Gasteiger partial charge in [0.25, 0.3) is 0 Å². The van der Waals surface area contributed by atoms with E-state index in [0.717, 1.165) is 27.4 Å². The molecular formula is C26H20N2S. The molecule has 0 aliphatic heterocycles. The van der Waals surface area contributed by atoms with E-state index in [9.17, 15) is 5.26 Å². The van der Waals surface area contributed by atoms with Gasteiger partial charge < -0.3 is 0 Å². The van der Waals surface area contributed by atoms with E-state index < -0.39 is 0 Å². The fourth-order valence-corrected chi connectivity index (χ4v) is 4.33. The number of hydrogen-bond acceptors (Lipinski definition) is 3. The molecule has 29 heavy (non-hydrogen) atoms. The lowest BCUT2D eigenvalue weighted by Crippen LogP contribution is -1.98. The molecular weight excluding hydrogens is 372 g/mol. The van der Waals surface area contributed by atoms with Gasteiger partial charge >= 0.3 is 0 Å². The van der Waals surface area contributed by atoms with Gasteiger partial charge in [-0.15, -0.1) is 0 Å². The molecule has 0 radical (unpaired) electrons. The molecule has 0 saturated heterocycles. The summed E-state index contributed by atoms with van der Waals surface area (Å²) in [6.45, 7) is 2.15. The lowest BCUT2D eigenvalue weighted by Gasteiger charge is -2.16. The third-order valence-electron chi connectivity index (χ3n) is 4.81. The van der Waals surface area contributed by atoms with Crippen molar-refractivity contribution in [3.8, 4) is 28.5 Å². The minimum Gasteiger partial charge on any atom is -0.240 e. The molecule has 4 rings (SSSR count). The Morgan fingerprint density at radius 3 is 1.93 bits per heavy atom. The molecule has 1 heterocycles. The van der Waals surface area contributed by atoms with Gasteiger partial charge in [0.2, 0.25) is 0 Å². The van der Waals surface area contributed by atoms with E-state index in [-0.39, 0.29) is 5.25 Å². The fraction of sp³-hybridized carbons (Fsp3) is 0.0769. The van der Waals surface area contributed by atoms with E-state index >= 15 is 0 Å². The monoisotopic (exact) mass is 392 g/mol. The third-order valence-corrected chi connectivity index (χ3v) is 5.95. The van der Waals surface area contributed by atoms with Crippen molar-refractivity contribution in [1.29, 1.82) is 5.26 Å². The number of rotatable bonds is 5. The smallest absolute Gasteiger partial charge is 0.116 e. The maximum atomic E-state index is 10.0. The Morgan fingerprint density at radius 1 is 0.793 bits per heavy atom. The highest BCUT2D eigenvalue weighted by molar-refractivity contribution is 7.99. The highest BCUT2D eigenvalue weighted by Gasteiger charge is 2.18. The molecule has 0 spiro atoms. The van der Waals surface area contributed by atoms with Crippen LogP contribution in [0.4, 0.5) is 0 Å². The standard InChI is InChI=1S/C26H20N2S/c1-19(20-11-5-2-6-12-20)29-26-24(18-27)23(21-13-7-3-8-14-21)17-25(28-26)22-15-9-4-10-16-22/h2-17,19H,1H3. The zero-order valence-corrected chi connectivity index (χ0v) is 16.9. The van der Waals surface area contributed by atoms with Crippen LogP contribution in [-0.4, -0.2) is 4.98 Å². The molecule has 3 aromatic carbocycles. The molecule has 0 N–H and O–H groups in total. The Morgan fingerprint density at radius 2 is 1.34 bits per heavy atom. The molecule has 2 nitrogen and oxygen atoms in total. The maximum Gasteiger partial charge on any atom is 0.116 e. The zero-order valence-electron chi connectivity index (χ0n) is 16.1. The second kappa shape index (κ2) is 8.77. The normalized spacial score (nSPS) is 11.6. The largest absolute Gasteiger partial charge is 0.240 e. The number of aromatic nitrogens is 1. The Bertz CT molecular complexity index is 1130. The van der Waals surface area contributed by atoms with Gasteiger partial charge in [-0.3, -0.25) is 0 Å². The number of hydrogen-bond donors (Lipinski definition) is 0. The van der Waals surface area contributed by atoms with Gasteiger partial charge in [0, 0.05) is 16.4 Å². The van der Waals surface area contributed by atoms with Gasteiger partial charge in [-0.2, -0.15) is 5.26 Å². The van der Waals surface area contributed by atoms with Crippen molar-refractivity contribution in [3.63, 3.8) is 0 Å². The lowest BCUT2D eigenvalue weighted by molar-refractivity contribution is 1.06. The van der Waals surface area contributed by atoms with Crippen molar-refractivity contribution in [2.24, 2.45) is 0 Å². The summed E-state index contributed by atoms with van der Waals surface area (Å²) in [7, 11) is 0. The van der Waals surface area contributed by atoms with Crippen molar-refractivity contribution < 1.29 is 0 Å². The maximum absolute atomic E-state index is 10.0. The molecule has 0 amide bonds. The minimum atomic E-state index is 0.186. The highest BCUT2D eigenvalue weighted by Crippen LogP contribution is 2.40. The van der Waals surface area contributed by atoms with Gasteiger partial charge in [-0.1, -0.05) is 103 Å². The first-order valence-corrected chi connectivity index (χ1v) is 10.4. The fourth-order valence-electron chi connectivity index (χ4n) is 3.28. The molecule has 0 aliphatic carbocycles. The van der Waals surface area contributed by atoms with Crippen LogP contribution in [0.1, 0.15) is 23.3 Å². The highest BCUT2D eigenvalue weighted by atomic mass is 32.2. The van der Waals surface area contributed by atoms with Crippen molar-refractivity contribution in [2.75, 3.05) is 0 Å². The third kappa shape index (κ3) is 4.23. The van der Waals surface area contributed by atoms with Crippen LogP contribution in [0, 0.1) is 11.3 Å². The van der Waals surface area contributed by atoms with E-state index in [1.165, 1.54) is 5.56 Å². The van der Waals surface area contributed by atoms with Gasteiger partial charge in [0.05, 0.1) is 11.3 Å². The predicted molar refractivity (Wildman–Crippen MR) is 121 cm³/mol. The van der Waals surface area contributed by atoms with Crippen LogP contribution in [0.5, 0.6) is 0 Å². The second-order valence-corrected chi connectivity index (χ2v) is 8.08. The number of nitrogens with zero attached hydrogens (tertiary/aromatic N) is 2. The molecule has 0 bridgehead atoms. The van der Waals surface area contributed by atoms with E-state index in [0.29, 0.717) is 5.56 Å². The first-order chi connectivity index (χ1) is 14.3. The van der Waals surface area contributed by atoms with Crippen molar-refractivity contribution in [3.05, 3.63) is 108 Å². The van der Waals surface area contributed by atoms with Crippen LogP contribution in [-0.2, 0) is 0 Å². The summed E-state index contributed by atoms with van der Waals surface area (Å²) in [6, 6.07) is 35.0. The minimum absolute atomic E-state index is 0.186. The number of benzene rings is 3. The summed E-state index contributed by atoms with van der Waals surface area (Å²) in [4.78, 5) is 4.91. The Hall–Kier alpha value is -3.35. The average molecular weight is 393 g/mol. The quantitative estimate of drug-likeness (QED) is 0.339. The first-order valence-electron chi connectivity index (χ1n) is 9.54. The summed E-state index contributed by atoms with van der Waals surface area (Å²) in [5.74, 6) is 0. The predicted octanol–water partition coefficient (Wildman–Crippen LogP) is 7.14. The van der Waals surface area contributed by atoms with Crippen LogP contribution in [0.15, 0.2) is 102 Å². The molecule has 1 atom stereocenters. The molecule has 1 aromatic heterocycles. The van der Waals surface area contributed by atoms with Gasteiger partial charge in [-0.25, -0.2) is 4.98 Å². The van der Waals surface area contributed by atoms with Crippen molar-refractivity contribution in [1.82, 2.24) is 4.98 Å². The number of pyridine rings is 1.